The smallest absolute Gasteiger partial charge is 0.159 e. The van der Waals surface area contributed by atoms with E-state index in [9.17, 15) is 0 Å². The number of hydrogen-bond acceptors (Lipinski definition) is 3. The molecule has 0 saturated heterocycles. The van der Waals surface area contributed by atoms with Gasteiger partial charge in [0.25, 0.3) is 0 Å². The predicted molar refractivity (Wildman–Crippen MR) is 71.2 cm³/mol. The zero-order valence-electron chi connectivity index (χ0n) is 10.2. The van der Waals surface area contributed by atoms with Gasteiger partial charge in [0.15, 0.2) is 5.65 Å². The molecule has 0 aliphatic heterocycles. The predicted octanol–water partition coefficient (Wildman–Crippen LogP) is 2.16. The molecule has 5 heteroatoms. The van der Waals surface area contributed by atoms with Crippen LogP contribution in [0.4, 0.5) is 0 Å². The first-order chi connectivity index (χ1) is 8.13. The summed E-state index contributed by atoms with van der Waals surface area (Å²) >= 11 is 6.14. The fourth-order valence-corrected chi connectivity index (χ4v) is 1.95. The van der Waals surface area contributed by atoms with E-state index in [1.807, 2.05) is 39.2 Å². The van der Waals surface area contributed by atoms with E-state index < -0.39 is 0 Å². The van der Waals surface area contributed by atoms with Gasteiger partial charge in [-0.1, -0.05) is 23.8 Å². The van der Waals surface area contributed by atoms with Gasteiger partial charge in [0.1, 0.15) is 5.15 Å². The molecule has 2 aromatic rings. The average Bonchev–Trinajstić information content (AvgIpc) is 2.55. The third kappa shape index (κ3) is 2.33. The zero-order chi connectivity index (χ0) is 12.4. The summed E-state index contributed by atoms with van der Waals surface area (Å²) in [6.45, 7) is 2.78. The maximum atomic E-state index is 6.14. The van der Waals surface area contributed by atoms with Crippen LogP contribution in [0.3, 0.4) is 0 Å². The van der Waals surface area contributed by atoms with Crippen LogP contribution in [0.5, 0.6) is 0 Å². The molecule has 0 aromatic carbocycles. The molecule has 0 fully saturated rings. The third-order valence-electron chi connectivity index (χ3n) is 2.60. The van der Waals surface area contributed by atoms with Gasteiger partial charge in [-0.05, 0) is 20.0 Å². The summed E-state index contributed by atoms with van der Waals surface area (Å²) in [5.74, 6) is 0. The Hall–Kier alpha value is -1.39. The van der Waals surface area contributed by atoms with Crippen LogP contribution in [0.25, 0.3) is 17.1 Å². The number of aromatic nitrogens is 3. The zero-order valence-corrected chi connectivity index (χ0v) is 10.9. The van der Waals surface area contributed by atoms with Gasteiger partial charge in [-0.25, -0.2) is 4.98 Å². The number of aryl methyl sites for hydroxylation is 2. The largest absolute Gasteiger partial charge is 0.316 e. The molecule has 2 aromatic heterocycles. The molecule has 0 saturated carbocycles. The molecule has 0 aliphatic rings. The van der Waals surface area contributed by atoms with E-state index in [0.29, 0.717) is 5.15 Å². The lowest BCUT2D eigenvalue weighted by Crippen LogP contribution is -2.03. The molecular weight excluding hydrogens is 236 g/mol. The van der Waals surface area contributed by atoms with Crippen LogP contribution >= 0.6 is 11.6 Å². The summed E-state index contributed by atoms with van der Waals surface area (Å²) in [5.41, 5.74) is 2.71. The average molecular weight is 251 g/mol. The van der Waals surface area contributed by atoms with Crippen molar-refractivity contribution in [2.24, 2.45) is 7.05 Å². The van der Waals surface area contributed by atoms with Crippen LogP contribution in [0.1, 0.15) is 11.3 Å². The van der Waals surface area contributed by atoms with E-state index in [4.69, 9.17) is 11.6 Å². The molecule has 0 atom stereocenters. The van der Waals surface area contributed by atoms with E-state index in [-0.39, 0.29) is 0 Å². The minimum absolute atomic E-state index is 0.507. The van der Waals surface area contributed by atoms with Crippen molar-refractivity contribution in [1.82, 2.24) is 20.1 Å². The van der Waals surface area contributed by atoms with Crippen molar-refractivity contribution in [3.63, 3.8) is 0 Å². The highest BCUT2D eigenvalue weighted by molar-refractivity contribution is 6.31. The second-order valence-electron chi connectivity index (χ2n) is 3.91. The lowest BCUT2D eigenvalue weighted by atomic mass is 10.2. The van der Waals surface area contributed by atoms with E-state index in [1.165, 1.54) is 0 Å². The summed E-state index contributed by atoms with van der Waals surface area (Å²) in [6, 6.07) is 2.03. The van der Waals surface area contributed by atoms with Gasteiger partial charge in [0.2, 0.25) is 0 Å². The quantitative estimate of drug-likeness (QED) is 0.849. The number of nitrogens with zero attached hydrogens (tertiary/aromatic N) is 3. The number of likely N-dealkylation sites (N-methyl/N-ethyl adjacent to an activating group) is 1. The standard InChI is InChI=1S/C12H15ClN4/c1-8-10-7-9(5-4-6-14-2)11(13)15-12(10)17(3)16-8/h4-5,7,14H,6H2,1-3H3. The van der Waals surface area contributed by atoms with Crippen molar-refractivity contribution in [3.8, 4) is 0 Å². The first-order valence-electron chi connectivity index (χ1n) is 5.44. The van der Waals surface area contributed by atoms with Crippen molar-refractivity contribution in [1.29, 1.82) is 0 Å². The van der Waals surface area contributed by atoms with Crippen LogP contribution in [0, 0.1) is 6.92 Å². The highest BCUT2D eigenvalue weighted by atomic mass is 35.5. The maximum absolute atomic E-state index is 6.14. The van der Waals surface area contributed by atoms with Gasteiger partial charge in [-0.3, -0.25) is 4.68 Å². The van der Waals surface area contributed by atoms with Crippen LogP contribution in [-0.4, -0.2) is 28.4 Å². The molecule has 0 radical (unpaired) electrons. The minimum atomic E-state index is 0.507. The Bertz CT molecular complexity index is 571. The summed E-state index contributed by atoms with van der Waals surface area (Å²) in [5, 5.41) is 8.92. The van der Waals surface area contributed by atoms with Gasteiger partial charge in [0, 0.05) is 24.5 Å². The highest BCUT2D eigenvalue weighted by Crippen LogP contribution is 2.23. The maximum Gasteiger partial charge on any atom is 0.159 e. The Morgan fingerprint density at radius 1 is 1.53 bits per heavy atom. The monoisotopic (exact) mass is 250 g/mol. The molecule has 0 unspecified atom stereocenters. The van der Waals surface area contributed by atoms with Crippen molar-refractivity contribution in [2.45, 2.75) is 6.92 Å². The van der Waals surface area contributed by atoms with E-state index in [0.717, 1.165) is 28.8 Å². The van der Waals surface area contributed by atoms with Crippen molar-refractivity contribution >= 4 is 28.7 Å². The van der Waals surface area contributed by atoms with Gasteiger partial charge in [-0.15, -0.1) is 0 Å². The normalized spacial score (nSPS) is 11.8. The lowest BCUT2D eigenvalue weighted by molar-refractivity contribution is 0.774. The Kier molecular flexibility index (Phi) is 3.45. The van der Waals surface area contributed by atoms with Gasteiger partial charge in [-0.2, -0.15) is 5.10 Å². The van der Waals surface area contributed by atoms with Gasteiger partial charge < -0.3 is 5.32 Å². The third-order valence-corrected chi connectivity index (χ3v) is 2.90. The Labute approximate surface area is 105 Å². The van der Waals surface area contributed by atoms with E-state index >= 15 is 0 Å². The van der Waals surface area contributed by atoms with Gasteiger partial charge in [0.05, 0.1) is 5.69 Å². The first-order valence-corrected chi connectivity index (χ1v) is 5.82. The summed E-state index contributed by atoms with van der Waals surface area (Å²) in [4.78, 5) is 4.37. The fraction of sp³-hybridized carbons (Fsp3) is 0.333. The topological polar surface area (TPSA) is 42.7 Å². The van der Waals surface area contributed by atoms with Crippen molar-refractivity contribution in [3.05, 3.63) is 28.6 Å². The molecule has 0 bridgehead atoms. The molecule has 2 rings (SSSR count). The van der Waals surface area contributed by atoms with E-state index in [2.05, 4.69) is 15.4 Å². The molecule has 0 aliphatic carbocycles. The second kappa shape index (κ2) is 4.85. The fourth-order valence-electron chi connectivity index (χ4n) is 1.76. The van der Waals surface area contributed by atoms with Crippen molar-refractivity contribution < 1.29 is 0 Å². The second-order valence-corrected chi connectivity index (χ2v) is 4.27. The van der Waals surface area contributed by atoms with E-state index in [1.54, 1.807) is 4.68 Å². The molecule has 2 heterocycles. The Morgan fingerprint density at radius 2 is 2.29 bits per heavy atom. The number of fused-ring (bicyclic) bond motifs is 1. The van der Waals surface area contributed by atoms with Crippen LogP contribution in [-0.2, 0) is 7.05 Å². The Morgan fingerprint density at radius 3 is 3.00 bits per heavy atom. The Balaban J connectivity index is 2.51. The first kappa shape index (κ1) is 12.1. The van der Waals surface area contributed by atoms with Crippen molar-refractivity contribution in [2.75, 3.05) is 13.6 Å². The number of pyridine rings is 1. The number of nitrogens with one attached hydrogen (secondary N) is 1. The lowest BCUT2D eigenvalue weighted by Gasteiger charge is -2.00. The van der Waals surface area contributed by atoms with Gasteiger partial charge >= 0.3 is 0 Å². The number of hydrogen-bond donors (Lipinski definition) is 1. The molecular formula is C12H15ClN4. The molecule has 1 N–H and O–H groups in total. The molecule has 0 amide bonds. The summed E-state index contributed by atoms with van der Waals surface area (Å²) < 4.78 is 1.75. The van der Waals surface area contributed by atoms with Crippen LogP contribution in [0.15, 0.2) is 12.1 Å². The highest BCUT2D eigenvalue weighted by Gasteiger charge is 2.09. The number of rotatable bonds is 3. The summed E-state index contributed by atoms with van der Waals surface area (Å²) in [7, 11) is 3.77. The SMILES string of the molecule is CNCC=Cc1cc2c(C)nn(C)c2nc1Cl. The molecule has 0 spiro atoms. The molecule has 4 nitrogen and oxygen atoms in total. The van der Waals surface area contributed by atoms with Crippen LogP contribution in [0.2, 0.25) is 5.15 Å². The molecule has 17 heavy (non-hydrogen) atoms. The molecule has 90 valence electrons. The minimum Gasteiger partial charge on any atom is -0.316 e. The number of halogens is 1. The summed E-state index contributed by atoms with van der Waals surface area (Å²) in [6.07, 6.45) is 3.98. The van der Waals surface area contributed by atoms with Crippen LogP contribution < -0.4 is 5.32 Å².